The van der Waals surface area contributed by atoms with Gasteiger partial charge in [-0.1, -0.05) is 29.8 Å². The second kappa shape index (κ2) is 3.86. The van der Waals surface area contributed by atoms with Gasteiger partial charge in [0.25, 0.3) is 0 Å². The number of hydrogen-bond donors (Lipinski definition) is 0. The molecule has 0 N–H and O–H groups in total. The molecule has 0 fully saturated rings. The maximum atomic E-state index is 10.3. The summed E-state index contributed by atoms with van der Waals surface area (Å²) < 4.78 is 0. The van der Waals surface area contributed by atoms with E-state index in [0.29, 0.717) is 0 Å². The summed E-state index contributed by atoms with van der Waals surface area (Å²) in [6.45, 7) is 3.84. The molecular weight excluding hydrogens is 148 g/mol. The second-order valence-corrected chi connectivity index (χ2v) is 2.92. The predicted molar refractivity (Wildman–Crippen MR) is 50.9 cm³/mol. The molecule has 0 heterocycles. The van der Waals surface area contributed by atoms with Crippen LogP contribution < -0.4 is 0 Å². The van der Waals surface area contributed by atoms with E-state index in [0.717, 1.165) is 17.4 Å². The maximum absolute atomic E-state index is 10.3. The molecule has 1 aromatic rings. The molecule has 0 atom stereocenters. The minimum atomic E-state index is 0.749. The molecule has 1 nitrogen and oxygen atoms in total. The number of rotatable bonds is 2. The Morgan fingerprint density at radius 1 is 1.25 bits per heavy atom. The monoisotopic (exact) mass is 160 g/mol. The fourth-order valence-electron chi connectivity index (χ4n) is 0.960. The number of hydrogen-bond acceptors (Lipinski definition) is 1. The summed E-state index contributed by atoms with van der Waals surface area (Å²) in [7, 11) is 0. The molecule has 0 amide bonds. The van der Waals surface area contributed by atoms with E-state index in [2.05, 4.69) is 0 Å². The summed E-state index contributed by atoms with van der Waals surface area (Å²) in [6, 6.07) is 8.07. The second-order valence-electron chi connectivity index (χ2n) is 2.92. The molecule has 0 saturated heterocycles. The van der Waals surface area contributed by atoms with Gasteiger partial charge in [-0.05, 0) is 31.1 Å². The first-order valence-electron chi connectivity index (χ1n) is 3.92. The van der Waals surface area contributed by atoms with Gasteiger partial charge in [0.2, 0.25) is 0 Å². The van der Waals surface area contributed by atoms with Crippen molar-refractivity contribution < 1.29 is 4.79 Å². The van der Waals surface area contributed by atoms with E-state index in [4.69, 9.17) is 0 Å². The van der Waals surface area contributed by atoms with Crippen LogP contribution in [0.15, 0.2) is 29.8 Å². The quantitative estimate of drug-likeness (QED) is 0.480. The molecule has 12 heavy (non-hydrogen) atoms. The van der Waals surface area contributed by atoms with Crippen LogP contribution in [0.2, 0.25) is 0 Å². The Morgan fingerprint density at radius 2 is 1.83 bits per heavy atom. The summed E-state index contributed by atoms with van der Waals surface area (Å²) in [5.41, 5.74) is 3.06. The van der Waals surface area contributed by atoms with Crippen LogP contribution in [0, 0.1) is 6.92 Å². The first-order chi connectivity index (χ1) is 5.72. The van der Waals surface area contributed by atoms with Crippen LogP contribution in [-0.4, -0.2) is 6.29 Å². The molecule has 1 aromatic carbocycles. The number of carbonyl (C=O) groups is 1. The normalized spacial score (nSPS) is 11.3. The van der Waals surface area contributed by atoms with Crippen molar-refractivity contribution in [2.24, 2.45) is 0 Å². The number of carbonyl (C=O) groups excluding carboxylic acids is 1. The summed E-state index contributed by atoms with van der Waals surface area (Å²) in [5, 5.41) is 0. The summed E-state index contributed by atoms with van der Waals surface area (Å²) in [4.78, 5) is 10.3. The zero-order chi connectivity index (χ0) is 8.97. The number of aryl methyl sites for hydroxylation is 1. The molecule has 62 valence electrons. The fraction of sp³-hybridized carbons (Fsp3) is 0.182. The standard InChI is InChI=1S/C11H12O/c1-9-3-5-11(6-4-9)7-10(2)8-12/h3-8H,1-2H3/b10-7+. The van der Waals surface area contributed by atoms with Gasteiger partial charge in [0.15, 0.2) is 0 Å². The number of benzene rings is 1. The first-order valence-corrected chi connectivity index (χ1v) is 3.92. The van der Waals surface area contributed by atoms with Crippen LogP contribution >= 0.6 is 0 Å². The van der Waals surface area contributed by atoms with Crippen LogP contribution in [0.4, 0.5) is 0 Å². The average molecular weight is 160 g/mol. The van der Waals surface area contributed by atoms with Crippen LogP contribution in [0.25, 0.3) is 6.08 Å². The van der Waals surface area contributed by atoms with Crippen LogP contribution in [0.1, 0.15) is 18.1 Å². The molecule has 0 aliphatic rings. The van der Waals surface area contributed by atoms with E-state index in [1.807, 2.05) is 37.3 Å². The topological polar surface area (TPSA) is 17.1 Å². The van der Waals surface area contributed by atoms with E-state index in [-0.39, 0.29) is 0 Å². The Labute approximate surface area is 72.7 Å². The van der Waals surface area contributed by atoms with Crippen molar-refractivity contribution in [3.05, 3.63) is 41.0 Å². The molecular formula is C11H12O. The van der Waals surface area contributed by atoms with Gasteiger partial charge in [0.05, 0.1) is 0 Å². The number of aldehydes is 1. The highest BCUT2D eigenvalue weighted by molar-refractivity contribution is 5.80. The van der Waals surface area contributed by atoms with Crippen LogP contribution in [0.5, 0.6) is 0 Å². The largest absolute Gasteiger partial charge is 0.298 e. The van der Waals surface area contributed by atoms with Gasteiger partial charge in [-0.2, -0.15) is 0 Å². The van der Waals surface area contributed by atoms with Crippen molar-refractivity contribution in [1.82, 2.24) is 0 Å². The van der Waals surface area contributed by atoms with E-state index < -0.39 is 0 Å². The zero-order valence-corrected chi connectivity index (χ0v) is 7.37. The van der Waals surface area contributed by atoms with Crippen molar-refractivity contribution in [1.29, 1.82) is 0 Å². The Morgan fingerprint density at radius 3 is 2.33 bits per heavy atom. The van der Waals surface area contributed by atoms with Gasteiger partial charge in [-0.15, -0.1) is 0 Å². The molecule has 1 heteroatoms. The van der Waals surface area contributed by atoms with E-state index in [1.54, 1.807) is 6.92 Å². The molecule has 0 aromatic heterocycles. The minimum absolute atomic E-state index is 0.749. The van der Waals surface area contributed by atoms with Gasteiger partial charge in [0.1, 0.15) is 6.29 Å². The first kappa shape index (κ1) is 8.72. The van der Waals surface area contributed by atoms with Crippen molar-refractivity contribution in [3.8, 4) is 0 Å². The zero-order valence-electron chi connectivity index (χ0n) is 7.37. The van der Waals surface area contributed by atoms with Crippen molar-refractivity contribution >= 4 is 12.4 Å². The third kappa shape index (κ3) is 2.35. The molecule has 0 aliphatic heterocycles. The molecule has 0 saturated carbocycles. The molecule has 0 aliphatic carbocycles. The predicted octanol–water partition coefficient (Wildman–Crippen LogP) is 2.60. The summed E-state index contributed by atoms with van der Waals surface area (Å²) >= 11 is 0. The van der Waals surface area contributed by atoms with Crippen molar-refractivity contribution in [2.75, 3.05) is 0 Å². The van der Waals surface area contributed by atoms with Gasteiger partial charge in [-0.3, -0.25) is 4.79 Å². The SMILES string of the molecule is C/C(C=O)=C\c1ccc(C)cc1. The lowest BCUT2D eigenvalue weighted by atomic mass is 10.1. The highest BCUT2D eigenvalue weighted by Gasteiger charge is 1.88. The van der Waals surface area contributed by atoms with Crippen LogP contribution in [0.3, 0.4) is 0 Å². The molecule has 1 rings (SSSR count). The minimum Gasteiger partial charge on any atom is -0.298 e. The summed E-state index contributed by atoms with van der Waals surface area (Å²) in [6.07, 6.45) is 2.73. The maximum Gasteiger partial charge on any atom is 0.145 e. The molecule has 0 unspecified atom stereocenters. The van der Waals surface area contributed by atoms with E-state index in [9.17, 15) is 4.79 Å². The molecule has 0 bridgehead atoms. The van der Waals surface area contributed by atoms with Gasteiger partial charge in [0, 0.05) is 0 Å². The Kier molecular flexibility index (Phi) is 2.81. The lowest BCUT2D eigenvalue weighted by Gasteiger charge is -1.94. The van der Waals surface area contributed by atoms with Gasteiger partial charge in [-0.25, -0.2) is 0 Å². The van der Waals surface area contributed by atoms with E-state index in [1.165, 1.54) is 5.56 Å². The lowest BCUT2D eigenvalue weighted by molar-refractivity contribution is -0.104. The smallest absolute Gasteiger partial charge is 0.145 e. The van der Waals surface area contributed by atoms with Crippen molar-refractivity contribution in [2.45, 2.75) is 13.8 Å². The highest BCUT2D eigenvalue weighted by atomic mass is 16.1. The van der Waals surface area contributed by atoms with Gasteiger partial charge < -0.3 is 0 Å². The molecule has 0 spiro atoms. The fourth-order valence-corrected chi connectivity index (χ4v) is 0.960. The third-order valence-electron chi connectivity index (χ3n) is 1.66. The Hall–Kier alpha value is -1.37. The Bertz CT molecular complexity index is 293. The average Bonchev–Trinajstić information content (AvgIpc) is 2.09. The Balaban J connectivity index is 2.91. The third-order valence-corrected chi connectivity index (χ3v) is 1.66. The van der Waals surface area contributed by atoms with E-state index >= 15 is 0 Å². The highest BCUT2D eigenvalue weighted by Crippen LogP contribution is 2.06. The van der Waals surface area contributed by atoms with Gasteiger partial charge >= 0.3 is 0 Å². The van der Waals surface area contributed by atoms with Crippen molar-refractivity contribution in [3.63, 3.8) is 0 Å². The summed E-state index contributed by atoms with van der Waals surface area (Å²) in [5.74, 6) is 0. The molecule has 0 radical (unpaired) electrons. The number of allylic oxidation sites excluding steroid dienone is 1. The van der Waals surface area contributed by atoms with Crippen LogP contribution in [-0.2, 0) is 4.79 Å². The lowest BCUT2D eigenvalue weighted by Crippen LogP contribution is -1.78.